The smallest absolute Gasteiger partial charge is 0.503 e. The summed E-state index contributed by atoms with van der Waals surface area (Å²) in [5.74, 6) is -1.59. The van der Waals surface area contributed by atoms with Crippen molar-refractivity contribution in [3.05, 3.63) is 11.7 Å². The van der Waals surface area contributed by atoms with E-state index in [1.165, 1.54) is 13.8 Å². The highest BCUT2D eigenvalue weighted by atomic mass is 16.7. The number of hydrogen-bond donors (Lipinski definition) is 0. The van der Waals surface area contributed by atoms with E-state index in [1.54, 1.807) is 0 Å². The number of hydrogen-bond acceptors (Lipinski definition) is 6. The van der Waals surface area contributed by atoms with Crippen LogP contribution >= 0.6 is 0 Å². The minimum atomic E-state index is -0.596. The average molecular weight is 195 g/mol. The lowest BCUT2D eigenvalue weighted by Gasteiger charge is -2.23. The van der Waals surface area contributed by atoms with Crippen LogP contribution in [0.4, 0.5) is 0 Å². The molecule has 0 bridgehead atoms. The van der Waals surface area contributed by atoms with Gasteiger partial charge in [-0.1, -0.05) is 0 Å². The quantitative estimate of drug-likeness (QED) is 0.346. The van der Waals surface area contributed by atoms with Gasteiger partial charge >= 0.3 is 13.6 Å². The van der Waals surface area contributed by atoms with E-state index < -0.39 is 11.9 Å². The van der Waals surface area contributed by atoms with Crippen molar-refractivity contribution in [3.8, 4) is 0 Å². The lowest BCUT2D eigenvalue weighted by atomic mass is 10.3. The molecule has 1 aliphatic heterocycles. The summed E-state index contributed by atoms with van der Waals surface area (Å²) in [4.78, 5) is 24.6. The SMILES string of the molecule is CC(=O)OC1=C(OC(C)=O)O[B]N=[C-]1. The molecule has 0 spiro atoms. The average Bonchev–Trinajstić information content (AvgIpc) is 2.06. The highest BCUT2D eigenvalue weighted by Gasteiger charge is 2.07. The summed E-state index contributed by atoms with van der Waals surface area (Å²) in [5.41, 5.74) is 0. The van der Waals surface area contributed by atoms with Crippen LogP contribution in [0.3, 0.4) is 0 Å². The molecule has 0 aromatic rings. The van der Waals surface area contributed by atoms with Crippen molar-refractivity contribution in [1.82, 2.24) is 0 Å². The second-order valence-corrected chi connectivity index (χ2v) is 2.27. The molecule has 7 heteroatoms. The maximum atomic E-state index is 10.6. The first kappa shape index (κ1) is 10.3. The molecule has 1 rings (SSSR count). The molecule has 0 saturated carbocycles. The second-order valence-electron chi connectivity index (χ2n) is 2.27. The van der Waals surface area contributed by atoms with E-state index in [9.17, 15) is 9.59 Å². The summed E-state index contributed by atoms with van der Waals surface area (Å²) >= 11 is 0. The van der Waals surface area contributed by atoms with Crippen LogP contribution in [-0.2, 0) is 23.7 Å². The van der Waals surface area contributed by atoms with E-state index in [0.717, 1.165) is 7.62 Å². The van der Waals surface area contributed by atoms with Crippen molar-refractivity contribution in [2.24, 2.45) is 4.90 Å². The van der Waals surface area contributed by atoms with Crippen LogP contribution in [-0.4, -0.2) is 25.8 Å². The third kappa shape index (κ3) is 2.93. The first-order valence-corrected chi connectivity index (χ1v) is 3.65. The summed E-state index contributed by atoms with van der Waals surface area (Å²) in [5, 5.41) is 0. The zero-order valence-corrected chi connectivity index (χ0v) is 7.57. The molecule has 0 N–H and O–H groups in total. The minimum absolute atomic E-state index is 0.157. The molecule has 0 unspecified atom stereocenters. The van der Waals surface area contributed by atoms with E-state index in [0.29, 0.717) is 0 Å². The Morgan fingerprint density at radius 2 is 2.00 bits per heavy atom. The molecule has 1 radical (unpaired) electrons. The number of rotatable bonds is 2. The van der Waals surface area contributed by atoms with Gasteiger partial charge in [0.2, 0.25) is 0 Å². The Hall–Kier alpha value is -1.79. The highest BCUT2D eigenvalue weighted by molar-refractivity contribution is 6.29. The minimum Gasteiger partial charge on any atom is -0.607 e. The molecule has 0 aromatic carbocycles. The van der Waals surface area contributed by atoms with Gasteiger partial charge in [0.05, 0.1) is 5.76 Å². The van der Waals surface area contributed by atoms with Crippen LogP contribution in [0.25, 0.3) is 0 Å². The number of allylic oxidation sites excluding steroid dienone is 1. The van der Waals surface area contributed by atoms with Gasteiger partial charge in [0.25, 0.3) is 5.97 Å². The molecular formula is C7H6BNO5-. The summed E-state index contributed by atoms with van der Waals surface area (Å²) in [7, 11) is 1.01. The van der Waals surface area contributed by atoms with Crippen molar-refractivity contribution in [2.75, 3.05) is 0 Å². The monoisotopic (exact) mass is 195 g/mol. The zero-order valence-electron chi connectivity index (χ0n) is 7.57. The van der Waals surface area contributed by atoms with Gasteiger partial charge < -0.3 is 19.0 Å². The van der Waals surface area contributed by atoms with Crippen LogP contribution in [0.1, 0.15) is 13.8 Å². The Bertz CT molecular complexity index is 322. The molecule has 73 valence electrons. The first-order chi connectivity index (χ1) is 6.59. The van der Waals surface area contributed by atoms with Crippen molar-refractivity contribution in [2.45, 2.75) is 13.8 Å². The summed E-state index contributed by atoms with van der Waals surface area (Å²) in [6.45, 7) is 2.38. The number of ether oxygens (including phenoxy) is 2. The Morgan fingerprint density at radius 1 is 1.36 bits per heavy atom. The number of carbonyl (C=O) groups is 2. The van der Waals surface area contributed by atoms with Gasteiger partial charge in [0, 0.05) is 13.8 Å². The lowest BCUT2D eigenvalue weighted by Crippen LogP contribution is -2.16. The molecular weight excluding hydrogens is 189 g/mol. The number of esters is 2. The fourth-order valence-electron chi connectivity index (χ4n) is 0.668. The summed E-state index contributed by atoms with van der Waals surface area (Å²) in [6.07, 6.45) is 2.31. The van der Waals surface area contributed by atoms with Gasteiger partial charge in [-0.3, -0.25) is 9.59 Å². The zero-order chi connectivity index (χ0) is 10.6. The first-order valence-electron chi connectivity index (χ1n) is 3.65. The fraction of sp³-hybridized carbons (Fsp3) is 0.286. The second kappa shape index (κ2) is 4.45. The van der Waals surface area contributed by atoms with E-state index in [2.05, 4.69) is 20.6 Å². The predicted octanol–water partition coefficient (Wildman–Crippen LogP) is -0.206. The maximum Gasteiger partial charge on any atom is 0.503 e. The van der Waals surface area contributed by atoms with Gasteiger partial charge in [-0.2, -0.15) is 0 Å². The van der Waals surface area contributed by atoms with Crippen LogP contribution in [0.15, 0.2) is 16.6 Å². The Morgan fingerprint density at radius 3 is 2.57 bits per heavy atom. The van der Waals surface area contributed by atoms with E-state index in [1.807, 2.05) is 0 Å². The van der Waals surface area contributed by atoms with Crippen molar-refractivity contribution in [3.63, 3.8) is 0 Å². The van der Waals surface area contributed by atoms with Crippen LogP contribution < -0.4 is 0 Å². The van der Waals surface area contributed by atoms with E-state index in [-0.39, 0.29) is 11.7 Å². The Kier molecular flexibility index (Phi) is 3.27. The number of carbonyl (C=O) groups excluding carboxylic acids is 2. The van der Waals surface area contributed by atoms with Gasteiger partial charge in [0.1, 0.15) is 0 Å². The molecule has 0 aliphatic carbocycles. The molecule has 6 nitrogen and oxygen atoms in total. The van der Waals surface area contributed by atoms with Gasteiger partial charge in [-0.25, -0.2) is 0 Å². The van der Waals surface area contributed by atoms with Crippen molar-refractivity contribution in [1.29, 1.82) is 0 Å². The van der Waals surface area contributed by atoms with Gasteiger partial charge in [-0.05, 0) is 0 Å². The topological polar surface area (TPSA) is 74.2 Å². The fourth-order valence-corrected chi connectivity index (χ4v) is 0.668. The van der Waals surface area contributed by atoms with Crippen LogP contribution in [0.5, 0.6) is 0 Å². The third-order valence-electron chi connectivity index (χ3n) is 1.05. The van der Waals surface area contributed by atoms with E-state index >= 15 is 0 Å². The standard InChI is InChI=1S/C7H6BNO5/c1-4(10)12-6-3-9-8-14-7(6)13-5(2)11/h1-2H3/q-1. The third-order valence-corrected chi connectivity index (χ3v) is 1.05. The summed E-state index contributed by atoms with van der Waals surface area (Å²) < 4.78 is 13.9. The summed E-state index contributed by atoms with van der Waals surface area (Å²) in [6, 6.07) is 0. The molecule has 0 saturated heterocycles. The van der Waals surface area contributed by atoms with Crippen LogP contribution in [0, 0.1) is 0 Å². The lowest BCUT2D eigenvalue weighted by molar-refractivity contribution is -0.143. The molecule has 0 aromatic heterocycles. The highest BCUT2D eigenvalue weighted by Crippen LogP contribution is 2.11. The molecule has 0 amide bonds. The molecule has 14 heavy (non-hydrogen) atoms. The molecule has 0 atom stereocenters. The van der Waals surface area contributed by atoms with Crippen LogP contribution in [0.2, 0.25) is 0 Å². The predicted molar refractivity (Wildman–Crippen MR) is 44.8 cm³/mol. The van der Waals surface area contributed by atoms with Crippen molar-refractivity contribution < 1.29 is 23.7 Å². The van der Waals surface area contributed by atoms with Gasteiger partial charge in [-0.15, -0.1) is 6.21 Å². The molecule has 0 fully saturated rings. The Labute approximate surface area is 80.8 Å². The molecule has 1 heterocycles. The normalized spacial score (nSPS) is 14.1. The largest absolute Gasteiger partial charge is 0.607 e. The number of nitrogens with zero attached hydrogens (tertiary/aromatic N) is 1. The molecule has 1 aliphatic rings. The van der Waals surface area contributed by atoms with Gasteiger partial charge in [0.15, 0.2) is 5.95 Å². The maximum absolute atomic E-state index is 10.6. The van der Waals surface area contributed by atoms with E-state index in [4.69, 9.17) is 4.65 Å². The van der Waals surface area contributed by atoms with Crippen molar-refractivity contribution >= 4 is 25.8 Å². The Balaban J connectivity index is 2.80.